The van der Waals surface area contributed by atoms with Crippen LogP contribution in [0.4, 0.5) is 4.39 Å². The second-order valence-corrected chi connectivity index (χ2v) is 8.55. The summed E-state index contributed by atoms with van der Waals surface area (Å²) in [6.07, 6.45) is 3.22. The molecule has 124 valence electrons. The molecule has 0 saturated carbocycles. The maximum absolute atomic E-state index is 13.0. The first-order chi connectivity index (χ1) is 11.6. The average Bonchev–Trinajstić information content (AvgIpc) is 3.06. The molecular weight excluding hydrogens is 415 g/mol. The molecule has 0 N–H and O–H groups in total. The Balaban J connectivity index is 1.80. The van der Waals surface area contributed by atoms with Crippen molar-refractivity contribution in [3.8, 4) is 0 Å². The van der Waals surface area contributed by atoms with E-state index in [0.717, 1.165) is 16.4 Å². The van der Waals surface area contributed by atoms with Gasteiger partial charge in [0.25, 0.3) is 0 Å². The van der Waals surface area contributed by atoms with Crippen molar-refractivity contribution in [1.29, 1.82) is 0 Å². The second kappa shape index (κ2) is 8.13. The van der Waals surface area contributed by atoms with Crippen molar-refractivity contribution in [2.45, 2.75) is 16.7 Å². The van der Waals surface area contributed by atoms with Crippen LogP contribution in [-0.2, 0) is 11.9 Å². The van der Waals surface area contributed by atoms with Gasteiger partial charge in [-0.3, -0.25) is 0 Å². The van der Waals surface area contributed by atoms with E-state index in [1.54, 1.807) is 12.4 Å². The Morgan fingerprint density at radius 1 is 1.12 bits per heavy atom. The Kier molecular flexibility index (Phi) is 5.90. The average molecular weight is 429 g/mol. The third-order valence-electron chi connectivity index (χ3n) is 3.49. The summed E-state index contributed by atoms with van der Waals surface area (Å²) in [6, 6.07) is 12.2. The topological polar surface area (TPSA) is 30.7 Å². The van der Waals surface area contributed by atoms with E-state index in [1.165, 1.54) is 18.5 Å². The molecule has 1 atom stereocenters. The van der Waals surface area contributed by atoms with Gasteiger partial charge in [-0.05, 0) is 0 Å². The van der Waals surface area contributed by atoms with E-state index in [1.807, 2.05) is 28.9 Å². The Morgan fingerprint density at radius 2 is 1.92 bits per heavy atom. The number of benzene rings is 2. The Bertz CT molecular complexity index is 794. The van der Waals surface area contributed by atoms with Gasteiger partial charge in [-0.2, -0.15) is 0 Å². The van der Waals surface area contributed by atoms with Gasteiger partial charge in [0.2, 0.25) is 0 Å². The predicted molar refractivity (Wildman–Crippen MR) is 95.1 cm³/mol. The molecule has 0 bridgehead atoms. The molecule has 0 radical (unpaired) electrons. The van der Waals surface area contributed by atoms with E-state index < -0.39 is 0 Å². The predicted octanol–water partition coefficient (Wildman–Crippen LogP) is 4.37. The minimum atomic E-state index is -0.217. The summed E-state index contributed by atoms with van der Waals surface area (Å²) in [6.45, 7) is 0.697. The van der Waals surface area contributed by atoms with Crippen LogP contribution in [-0.4, -0.2) is 29.7 Å². The molecular formula is C17H14Cl2FN3Se. The van der Waals surface area contributed by atoms with Crippen molar-refractivity contribution in [2.75, 3.05) is 0 Å². The Morgan fingerprint density at radius 3 is 2.58 bits per heavy atom. The van der Waals surface area contributed by atoms with Crippen LogP contribution in [0.5, 0.6) is 0 Å². The number of nitrogens with zero attached hydrogens (tertiary/aromatic N) is 3. The van der Waals surface area contributed by atoms with Crippen LogP contribution < -0.4 is 0 Å². The van der Waals surface area contributed by atoms with Crippen molar-refractivity contribution < 1.29 is 4.39 Å². The van der Waals surface area contributed by atoms with E-state index >= 15 is 0 Å². The summed E-state index contributed by atoms with van der Waals surface area (Å²) in [4.78, 5) is 4.21. The second-order valence-electron chi connectivity index (χ2n) is 5.21. The number of hydrogen-bond acceptors (Lipinski definition) is 2. The first kappa shape index (κ1) is 17.4. The summed E-state index contributed by atoms with van der Waals surface area (Å²) in [5, 5.41) is 6.35. The minimum absolute atomic E-state index is 0.210. The monoisotopic (exact) mass is 429 g/mol. The summed E-state index contributed by atoms with van der Waals surface area (Å²) >= 11 is 12.6. The van der Waals surface area contributed by atoms with E-state index in [9.17, 15) is 4.39 Å². The van der Waals surface area contributed by atoms with E-state index in [2.05, 4.69) is 10.1 Å². The molecule has 0 saturated heterocycles. The molecule has 3 nitrogen and oxygen atoms in total. The molecule has 0 aliphatic heterocycles. The van der Waals surface area contributed by atoms with Crippen molar-refractivity contribution in [2.24, 2.45) is 0 Å². The van der Waals surface area contributed by atoms with E-state index in [-0.39, 0.29) is 25.6 Å². The maximum atomic E-state index is 13.0. The first-order valence-electron chi connectivity index (χ1n) is 7.25. The summed E-state index contributed by atoms with van der Waals surface area (Å²) < 4.78 is 14.9. The van der Waals surface area contributed by atoms with Gasteiger partial charge in [0.15, 0.2) is 0 Å². The summed E-state index contributed by atoms with van der Waals surface area (Å²) in [5.41, 5.74) is 2.17. The first-order valence-corrected chi connectivity index (χ1v) is 10.2. The van der Waals surface area contributed by atoms with Gasteiger partial charge in [0, 0.05) is 0 Å². The molecule has 24 heavy (non-hydrogen) atoms. The van der Waals surface area contributed by atoms with Crippen molar-refractivity contribution in [1.82, 2.24) is 14.8 Å². The van der Waals surface area contributed by atoms with Crippen LogP contribution in [0.25, 0.3) is 0 Å². The molecule has 3 rings (SSSR count). The fourth-order valence-corrected chi connectivity index (χ4v) is 5.54. The molecule has 1 unspecified atom stereocenters. The Hall–Kier alpha value is -1.39. The molecule has 1 aromatic heterocycles. The van der Waals surface area contributed by atoms with Gasteiger partial charge in [-0.1, -0.05) is 0 Å². The summed E-state index contributed by atoms with van der Waals surface area (Å²) in [7, 11) is 0. The number of halogens is 3. The van der Waals surface area contributed by atoms with Crippen LogP contribution in [0, 0.1) is 5.82 Å². The van der Waals surface area contributed by atoms with Crippen LogP contribution >= 0.6 is 23.2 Å². The molecule has 3 aromatic rings. The van der Waals surface area contributed by atoms with Crippen molar-refractivity contribution in [3.63, 3.8) is 0 Å². The molecule has 0 spiro atoms. The molecule has 7 heteroatoms. The SMILES string of the molecule is Fc1ccc(C[Se]C(Cn2cncn2)c2ccc(Cl)cc2Cl)cc1. The Labute approximate surface area is 156 Å². The van der Waals surface area contributed by atoms with Crippen LogP contribution in [0.3, 0.4) is 0 Å². The number of hydrogen-bond donors (Lipinski definition) is 0. The molecule has 0 aliphatic rings. The molecule has 0 amide bonds. The van der Waals surface area contributed by atoms with Crippen LogP contribution in [0.15, 0.2) is 55.1 Å². The van der Waals surface area contributed by atoms with Gasteiger partial charge in [-0.15, -0.1) is 0 Å². The van der Waals surface area contributed by atoms with Gasteiger partial charge in [0.1, 0.15) is 0 Å². The third-order valence-corrected chi connectivity index (χ3v) is 6.79. The molecule has 2 aromatic carbocycles. The summed E-state index contributed by atoms with van der Waals surface area (Å²) in [5.74, 6) is -0.217. The molecule has 1 heterocycles. The fourth-order valence-electron chi connectivity index (χ4n) is 2.28. The number of rotatable bonds is 6. The normalized spacial score (nSPS) is 12.3. The van der Waals surface area contributed by atoms with Crippen molar-refractivity contribution in [3.05, 3.63) is 82.1 Å². The number of aromatic nitrogens is 3. The fraction of sp³-hybridized carbons (Fsp3) is 0.176. The van der Waals surface area contributed by atoms with E-state index in [4.69, 9.17) is 23.2 Å². The quantitative estimate of drug-likeness (QED) is 0.545. The van der Waals surface area contributed by atoms with Gasteiger partial charge in [0.05, 0.1) is 0 Å². The van der Waals surface area contributed by atoms with Crippen LogP contribution in [0.2, 0.25) is 10.0 Å². The third kappa shape index (κ3) is 4.58. The standard InChI is InChI=1S/C17H14Cl2FN3Se/c18-13-3-6-15(16(19)7-13)17(8-23-11-21-10-22-23)24-9-12-1-4-14(20)5-2-12/h1-7,10-11,17H,8-9H2. The molecule has 0 aliphatic carbocycles. The van der Waals surface area contributed by atoms with Gasteiger partial charge in [-0.25, -0.2) is 0 Å². The van der Waals surface area contributed by atoms with Gasteiger partial charge < -0.3 is 0 Å². The van der Waals surface area contributed by atoms with Crippen LogP contribution in [0.1, 0.15) is 15.9 Å². The zero-order valence-corrected chi connectivity index (χ0v) is 15.8. The van der Waals surface area contributed by atoms with Gasteiger partial charge >= 0.3 is 156 Å². The zero-order valence-electron chi connectivity index (χ0n) is 12.6. The van der Waals surface area contributed by atoms with E-state index in [0.29, 0.717) is 16.6 Å². The van der Waals surface area contributed by atoms with Crippen molar-refractivity contribution >= 4 is 38.2 Å². The molecule has 0 fully saturated rings. The zero-order chi connectivity index (χ0) is 16.9.